The SMILES string of the molecule is CCCCC[n+]1ccc(/C=C/c2ccc3cc(N(C)CCCCCCCCCCCCNC(=O)COCCOCCOCCNC(=O)CCCCCCCCCCCCC(=O)CCc4c([N+](=O)[O-])cc([N+](=O)[O-])c(Nc5c([N+](=O)[O-])cc([N+](=O)[O-])cc5[N+](=O)[O-])c4[N+](=O)[O-])ccc3c2)cc1. The Morgan fingerprint density at radius 2 is 0.980 bits per heavy atom. The molecule has 0 fully saturated rings. The van der Waals surface area contributed by atoms with Gasteiger partial charge in [-0.25, -0.2) is 4.57 Å². The van der Waals surface area contributed by atoms with E-state index in [-0.39, 0.29) is 37.0 Å². The number of fused-ring (bicyclic) bond motifs is 1. The molecule has 1 aromatic heterocycles. The number of unbranched alkanes of at least 4 members (excludes halogenated alkanes) is 20. The highest BCUT2D eigenvalue weighted by molar-refractivity contribution is 5.91. The lowest BCUT2D eigenvalue weighted by Gasteiger charge is -2.20. The molecule has 0 aliphatic carbocycles. The van der Waals surface area contributed by atoms with Gasteiger partial charge < -0.3 is 35.1 Å². The second-order valence-corrected chi connectivity index (χ2v) is 24.9. The molecule has 1 heterocycles. The Kier molecular flexibility index (Phi) is 37.3. The van der Waals surface area contributed by atoms with Gasteiger partial charge in [-0.15, -0.1) is 0 Å². The van der Waals surface area contributed by atoms with Gasteiger partial charge in [0.2, 0.25) is 11.8 Å². The number of nitrogens with one attached hydrogen (secondary N) is 3. The fourth-order valence-corrected chi connectivity index (χ4v) is 11.5. The van der Waals surface area contributed by atoms with Gasteiger partial charge >= 0.3 is 22.7 Å². The van der Waals surface area contributed by atoms with Crippen LogP contribution in [0.15, 0.2) is 79.1 Å². The lowest BCUT2D eigenvalue weighted by atomic mass is 9.98. The average molecular weight is 1390 g/mol. The minimum absolute atomic E-state index is 0.0109. The van der Waals surface area contributed by atoms with E-state index in [9.17, 15) is 75.1 Å². The third-order valence-corrected chi connectivity index (χ3v) is 17.1. The zero-order chi connectivity index (χ0) is 72.4. The van der Waals surface area contributed by atoms with Gasteiger partial charge in [0.25, 0.3) is 11.4 Å². The van der Waals surface area contributed by atoms with E-state index < -0.39 is 99.2 Å². The number of ether oxygens (including phenoxy) is 3. The number of aromatic nitrogens is 1. The Bertz CT molecular complexity index is 3480. The average Bonchev–Trinajstić information content (AvgIpc) is 0.761. The van der Waals surface area contributed by atoms with Crippen LogP contribution in [0.1, 0.15) is 191 Å². The van der Waals surface area contributed by atoms with Gasteiger partial charge in [0, 0.05) is 70.2 Å². The smallest absolute Gasteiger partial charge is 0.309 e. The summed E-state index contributed by atoms with van der Waals surface area (Å²) in [4.78, 5) is 104. The first-order valence-corrected chi connectivity index (χ1v) is 35.0. The van der Waals surface area contributed by atoms with Gasteiger partial charge in [-0.3, -0.25) is 75.1 Å². The van der Waals surface area contributed by atoms with E-state index >= 15 is 0 Å². The van der Waals surface area contributed by atoms with Gasteiger partial charge in [-0.05, 0) is 78.6 Å². The van der Waals surface area contributed by atoms with E-state index in [2.05, 4.69) is 107 Å². The molecule has 4 aromatic carbocycles. The first-order chi connectivity index (χ1) is 48.3. The zero-order valence-electron chi connectivity index (χ0n) is 57.7. The maximum absolute atomic E-state index is 12.9. The minimum atomic E-state index is -1.37. The molecule has 3 N–H and O–H groups in total. The molecule has 29 heteroatoms. The third kappa shape index (κ3) is 29.9. The van der Waals surface area contributed by atoms with Gasteiger partial charge in [0.15, 0.2) is 23.8 Å². The van der Waals surface area contributed by atoms with E-state index in [1.165, 1.54) is 98.2 Å². The Hall–Kier alpha value is -9.48. The number of anilines is 3. The van der Waals surface area contributed by atoms with Crippen molar-refractivity contribution >= 4 is 91.7 Å². The molecule has 29 nitrogen and oxygen atoms in total. The number of nitro groups is 6. The fourth-order valence-electron chi connectivity index (χ4n) is 11.5. The number of Topliss-reactive ketones (excluding diaryl/α,β-unsaturated/α-hetero) is 1. The van der Waals surface area contributed by atoms with Crippen molar-refractivity contribution in [3.05, 3.63) is 156 Å². The summed E-state index contributed by atoms with van der Waals surface area (Å²) in [7, 11) is 2.19. The molecule has 0 saturated heterocycles. The van der Waals surface area contributed by atoms with Crippen molar-refractivity contribution in [2.45, 2.75) is 187 Å². The number of rotatable bonds is 55. The summed E-state index contributed by atoms with van der Waals surface area (Å²) in [6.07, 6.45) is 32.0. The van der Waals surface area contributed by atoms with Crippen LogP contribution in [-0.2, 0) is 41.6 Å². The molecule has 0 aliphatic heterocycles. The molecule has 0 aliphatic rings. The number of ketones is 1. The number of amides is 2. The van der Waals surface area contributed by atoms with Crippen molar-refractivity contribution in [3.63, 3.8) is 0 Å². The molecule has 100 heavy (non-hydrogen) atoms. The van der Waals surface area contributed by atoms with Crippen molar-refractivity contribution < 1.29 is 62.7 Å². The Morgan fingerprint density at radius 1 is 0.470 bits per heavy atom. The quantitative estimate of drug-likeness (QED) is 0.0141. The van der Waals surface area contributed by atoms with Gasteiger partial charge in [0.05, 0.1) is 80.8 Å². The number of nitrogens with zero attached hydrogens (tertiary/aromatic N) is 8. The van der Waals surface area contributed by atoms with E-state index in [0.29, 0.717) is 71.5 Å². The van der Waals surface area contributed by atoms with Crippen LogP contribution in [0.25, 0.3) is 22.9 Å². The highest BCUT2D eigenvalue weighted by Gasteiger charge is 2.40. The number of benzene rings is 4. The highest BCUT2D eigenvalue weighted by atomic mass is 16.7. The van der Waals surface area contributed by atoms with Gasteiger partial charge in [0.1, 0.15) is 24.5 Å². The molecule has 0 saturated carbocycles. The van der Waals surface area contributed by atoms with Gasteiger partial charge in [-0.2, -0.15) is 0 Å². The number of pyridine rings is 1. The van der Waals surface area contributed by atoms with Crippen LogP contribution < -0.4 is 25.4 Å². The summed E-state index contributed by atoms with van der Waals surface area (Å²) in [5.41, 5.74) is -7.19. The van der Waals surface area contributed by atoms with Crippen LogP contribution in [0.5, 0.6) is 0 Å². The second kappa shape index (κ2) is 46.0. The molecule has 5 aromatic rings. The monoisotopic (exact) mass is 1390 g/mol. The van der Waals surface area contributed by atoms with E-state index in [1.54, 1.807) is 0 Å². The van der Waals surface area contributed by atoms with Crippen molar-refractivity contribution in [3.8, 4) is 0 Å². The van der Waals surface area contributed by atoms with Gasteiger partial charge in [-0.1, -0.05) is 146 Å². The fraction of sp³-hybridized carbons (Fsp3) is 0.549. The number of hydrogen-bond acceptors (Lipinski definition) is 20. The number of nitro benzene ring substituents is 6. The summed E-state index contributed by atoms with van der Waals surface area (Å²) >= 11 is 0. The summed E-state index contributed by atoms with van der Waals surface area (Å²) in [5.74, 6) is -0.609. The van der Waals surface area contributed by atoms with E-state index in [4.69, 9.17) is 14.2 Å². The third-order valence-electron chi connectivity index (χ3n) is 17.1. The molecular weight excluding hydrogens is 1290 g/mol. The predicted molar refractivity (Wildman–Crippen MR) is 382 cm³/mol. The Morgan fingerprint density at radius 3 is 1.56 bits per heavy atom. The Labute approximate surface area is 582 Å². The van der Waals surface area contributed by atoms with Crippen molar-refractivity contribution in [2.24, 2.45) is 0 Å². The molecule has 0 radical (unpaired) electrons. The lowest BCUT2D eigenvalue weighted by Crippen LogP contribution is -2.32. The molecule has 2 amide bonds. The van der Waals surface area contributed by atoms with Crippen molar-refractivity contribution in [2.75, 3.05) is 76.5 Å². The van der Waals surface area contributed by atoms with Crippen LogP contribution in [0.3, 0.4) is 0 Å². The molecule has 0 unspecified atom stereocenters. The summed E-state index contributed by atoms with van der Waals surface area (Å²) in [5, 5.41) is 81.9. The van der Waals surface area contributed by atoms with Crippen molar-refractivity contribution in [1.29, 1.82) is 0 Å². The molecule has 0 bridgehead atoms. The highest BCUT2D eigenvalue weighted by Crippen LogP contribution is 2.48. The minimum Gasteiger partial charge on any atom is -0.377 e. The number of aryl methyl sites for hydroxylation is 1. The number of non-ortho nitro benzene ring substituents is 1. The predicted octanol–water partition coefficient (Wildman–Crippen LogP) is 15.2. The maximum Gasteiger partial charge on any atom is 0.309 e. The largest absolute Gasteiger partial charge is 0.377 e. The summed E-state index contributed by atoms with van der Waals surface area (Å²) in [6.45, 7) is 7.06. The number of carbonyl (C=O) groups excluding carboxylic acids is 3. The first kappa shape index (κ1) is 81.2. The maximum atomic E-state index is 12.9. The van der Waals surface area contributed by atoms with Crippen LogP contribution in [0.4, 0.5) is 51.2 Å². The van der Waals surface area contributed by atoms with E-state index in [0.717, 1.165) is 77.3 Å². The first-order valence-electron chi connectivity index (χ1n) is 35.0. The molecule has 544 valence electrons. The van der Waals surface area contributed by atoms with Crippen molar-refractivity contribution in [1.82, 2.24) is 10.6 Å². The molecule has 0 spiro atoms. The second-order valence-electron chi connectivity index (χ2n) is 24.9. The lowest BCUT2D eigenvalue weighted by molar-refractivity contribution is -0.697. The number of carbonyl (C=O) groups is 3. The number of hydrogen-bond donors (Lipinski definition) is 3. The van der Waals surface area contributed by atoms with E-state index in [1.807, 2.05) is 5.32 Å². The topological polar surface area (TPSA) is 381 Å². The summed E-state index contributed by atoms with van der Waals surface area (Å²) < 4.78 is 18.8. The standard InChI is InChI=1S/C71H97N11O18/c1-3-4-24-41-76-42-36-55(37-43-76)28-29-56-30-31-58-50-59(33-32-57(58)49-56)75(2)40-25-20-16-12-8-7-11-15-19-23-38-72-68(85)54-100-48-47-99-46-45-98-44-39-73-67(84)27-22-18-14-10-6-5-9-13-17-21-26-61(83)34-35-62-63(78(88)89)53-66(81(94)95)70(71(62)82(96)97)74-69-64(79(90)91)51-60(77(86)87)52-65(69)80(92)93/h28-33,36-37,42-43,49-53,74H,3-27,34-35,38-41,44-48,54H2,1-2H3,(H-,72,73,84,85)/p+1. The van der Waals surface area contributed by atoms with Crippen LogP contribution >= 0.6 is 0 Å². The van der Waals surface area contributed by atoms with Crippen LogP contribution in [-0.4, -0.2) is 113 Å². The Balaban J connectivity index is 0.775. The van der Waals surface area contributed by atoms with Crippen LogP contribution in [0.2, 0.25) is 0 Å². The zero-order valence-corrected chi connectivity index (χ0v) is 57.7. The molecular formula is C71H98N11O18+. The molecule has 0 atom stereocenters. The molecule has 5 rings (SSSR count). The van der Waals surface area contributed by atoms with Crippen LogP contribution in [0, 0.1) is 60.7 Å². The normalized spacial score (nSPS) is 11.3. The summed E-state index contributed by atoms with van der Waals surface area (Å²) in [6, 6.07) is 18.7.